The summed E-state index contributed by atoms with van der Waals surface area (Å²) in [6.45, 7) is 3.76. The number of aromatic nitrogens is 2. The van der Waals surface area contributed by atoms with E-state index in [0.717, 1.165) is 16.0 Å². The number of sulfonamides is 1. The highest BCUT2D eigenvalue weighted by atomic mass is 32.2. The van der Waals surface area contributed by atoms with Crippen LogP contribution < -0.4 is 10.0 Å². The van der Waals surface area contributed by atoms with E-state index in [9.17, 15) is 13.2 Å². The quantitative estimate of drug-likeness (QED) is 0.479. The standard InChI is InChI=1S/C20H18N4O4S2/c1-11-4-9-17(29-11)16-10-15(18-12(2)23-28-20(18)22-16)19(25)21-13-5-7-14(8-6-13)24-30(3,26)27/h4-10,24H,1-3H3,(H,21,25). The molecule has 154 valence electrons. The van der Waals surface area contributed by atoms with Crippen LogP contribution in [0.1, 0.15) is 20.9 Å². The number of fused-ring (bicyclic) bond motifs is 1. The van der Waals surface area contributed by atoms with Gasteiger partial charge < -0.3 is 9.84 Å². The highest BCUT2D eigenvalue weighted by Crippen LogP contribution is 2.31. The second kappa shape index (κ2) is 7.54. The lowest BCUT2D eigenvalue weighted by Gasteiger charge is -2.09. The Labute approximate surface area is 177 Å². The van der Waals surface area contributed by atoms with E-state index in [2.05, 4.69) is 20.2 Å². The van der Waals surface area contributed by atoms with Gasteiger partial charge in [-0.15, -0.1) is 11.3 Å². The van der Waals surface area contributed by atoms with Gasteiger partial charge in [0.2, 0.25) is 10.0 Å². The molecule has 3 aromatic heterocycles. The third-order valence-corrected chi connectivity index (χ3v) is 5.93. The molecule has 0 aliphatic rings. The minimum atomic E-state index is -3.37. The minimum absolute atomic E-state index is 0.300. The smallest absolute Gasteiger partial charge is 0.259 e. The zero-order valence-corrected chi connectivity index (χ0v) is 18.0. The Kier molecular flexibility index (Phi) is 5.04. The maximum absolute atomic E-state index is 13.1. The van der Waals surface area contributed by atoms with Gasteiger partial charge in [-0.3, -0.25) is 9.52 Å². The van der Waals surface area contributed by atoms with Gasteiger partial charge in [-0.1, -0.05) is 5.16 Å². The van der Waals surface area contributed by atoms with Crippen LogP contribution in [0.4, 0.5) is 11.4 Å². The van der Waals surface area contributed by atoms with Crippen LogP contribution in [-0.2, 0) is 10.0 Å². The van der Waals surface area contributed by atoms with Crippen LogP contribution in [0.5, 0.6) is 0 Å². The fourth-order valence-electron chi connectivity index (χ4n) is 3.01. The molecule has 0 radical (unpaired) electrons. The van der Waals surface area contributed by atoms with Crippen LogP contribution in [-0.4, -0.2) is 30.7 Å². The first kappa shape index (κ1) is 20.0. The Balaban J connectivity index is 1.68. The Bertz CT molecular complexity index is 1360. The Hall–Kier alpha value is -3.24. The summed E-state index contributed by atoms with van der Waals surface area (Å²) < 4.78 is 30.4. The van der Waals surface area contributed by atoms with Crippen LogP contribution in [0.15, 0.2) is 47.0 Å². The predicted molar refractivity (Wildman–Crippen MR) is 117 cm³/mol. The molecule has 0 atom stereocenters. The number of benzene rings is 1. The van der Waals surface area contributed by atoms with Crippen molar-refractivity contribution >= 4 is 49.7 Å². The van der Waals surface area contributed by atoms with E-state index < -0.39 is 10.0 Å². The maximum Gasteiger partial charge on any atom is 0.259 e. The first-order valence-electron chi connectivity index (χ1n) is 8.92. The highest BCUT2D eigenvalue weighted by Gasteiger charge is 2.20. The van der Waals surface area contributed by atoms with E-state index in [1.54, 1.807) is 48.6 Å². The maximum atomic E-state index is 13.1. The summed E-state index contributed by atoms with van der Waals surface area (Å²) in [6, 6.07) is 12.1. The Morgan fingerprint density at radius 3 is 2.40 bits per heavy atom. The van der Waals surface area contributed by atoms with Crippen molar-refractivity contribution in [2.24, 2.45) is 0 Å². The van der Waals surface area contributed by atoms with Crippen molar-refractivity contribution in [3.63, 3.8) is 0 Å². The van der Waals surface area contributed by atoms with E-state index in [0.29, 0.717) is 39.4 Å². The first-order chi connectivity index (χ1) is 14.2. The molecule has 4 aromatic rings. The number of thiophene rings is 1. The summed E-state index contributed by atoms with van der Waals surface area (Å²) in [6.07, 6.45) is 1.07. The van der Waals surface area contributed by atoms with Crippen molar-refractivity contribution in [3.05, 3.63) is 58.6 Å². The van der Waals surface area contributed by atoms with Gasteiger partial charge in [-0.25, -0.2) is 13.4 Å². The molecule has 0 spiro atoms. The summed E-state index contributed by atoms with van der Waals surface area (Å²) >= 11 is 1.57. The topological polar surface area (TPSA) is 114 Å². The Morgan fingerprint density at radius 2 is 1.77 bits per heavy atom. The molecule has 10 heteroatoms. The van der Waals surface area contributed by atoms with Crippen LogP contribution in [0, 0.1) is 13.8 Å². The van der Waals surface area contributed by atoms with Gasteiger partial charge in [0, 0.05) is 16.3 Å². The largest absolute Gasteiger partial charge is 0.335 e. The van der Waals surface area contributed by atoms with E-state index >= 15 is 0 Å². The predicted octanol–water partition coefficient (Wildman–Crippen LogP) is 4.19. The second-order valence-corrected chi connectivity index (χ2v) is 9.86. The summed E-state index contributed by atoms with van der Waals surface area (Å²) in [5.74, 6) is -0.341. The zero-order valence-electron chi connectivity index (χ0n) is 16.4. The molecule has 0 unspecified atom stereocenters. The van der Waals surface area contributed by atoms with Crippen molar-refractivity contribution in [3.8, 4) is 10.6 Å². The molecule has 0 bridgehead atoms. The third-order valence-electron chi connectivity index (χ3n) is 4.30. The zero-order chi connectivity index (χ0) is 21.5. The summed E-state index contributed by atoms with van der Waals surface area (Å²) in [5, 5.41) is 7.34. The number of pyridine rings is 1. The monoisotopic (exact) mass is 442 g/mol. The number of rotatable bonds is 5. The van der Waals surface area contributed by atoms with E-state index in [-0.39, 0.29) is 5.91 Å². The van der Waals surface area contributed by atoms with Gasteiger partial charge >= 0.3 is 0 Å². The van der Waals surface area contributed by atoms with Gasteiger partial charge in [0.25, 0.3) is 11.6 Å². The summed E-state index contributed by atoms with van der Waals surface area (Å²) in [7, 11) is -3.37. The van der Waals surface area contributed by atoms with Crippen molar-refractivity contribution in [1.29, 1.82) is 0 Å². The lowest BCUT2D eigenvalue weighted by atomic mass is 10.1. The average Bonchev–Trinajstić information content (AvgIpc) is 3.27. The van der Waals surface area contributed by atoms with Gasteiger partial charge in [0.05, 0.1) is 33.5 Å². The number of anilines is 2. The number of hydrogen-bond donors (Lipinski definition) is 2. The second-order valence-electron chi connectivity index (χ2n) is 6.82. The van der Waals surface area contributed by atoms with Crippen LogP contribution in [0.3, 0.4) is 0 Å². The average molecular weight is 443 g/mol. The highest BCUT2D eigenvalue weighted by molar-refractivity contribution is 7.92. The fourth-order valence-corrected chi connectivity index (χ4v) is 4.40. The van der Waals surface area contributed by atoms with E-state index in [4.69, 9.17) is 4.52 Å². The van der Waals surface area contributed by atoms with Crippen molar-refractivity contribution in [1.82, 2.24) is 10.1 Å². The number of aryl methyl sites for hydroxylation is 2. The third kappa shape index (κ3) is 4.19. The van der Waals surface area contributed by atoms with Crippen LogP contribution in [0.2, 0.25) is 0 Å². The lowest BCUT2D eigenvalue weighted by Crippen LogP contribution is -2.13. The van der Waals surface area contributed by atoms with Gasteiger partial charge in [0.1, 0.15) is 0 Å². The first-order valence-corrected chi connectivity index (χ1v) is 11.6. The number of nitrogens with zero attached hydrogens (tertiary/aromatic N) is 2. The van der Waals surface area contributed by atoms with Crippen molar-refractivity contribution in [2.75, 3.05) is 16.3 Å². The molecule has 4 rings (SSSR count). The molecule has 8 nitrogen and oxygen atoms in total. The van der Waals surface area contributed by atoms with Gasteiger partial charge in [0.15, 0.2) is 0 Å². The van der Waals surface area contributed by atoms with E-state index in [1.165, 1.54) is 0 Å². The van der Waals surface area contributed by atoms with Gasteiger partial charge in [-0.2, -0.15) is 0 Å². The number of carbonyl (C=O) groups is 1. The molecule has 0 saturated heterocycles. The number of hydrogen-bond acceptors (Lipinski definition) is 7. The van der Waals surface area contributed by atoms with Gasteiger partial charge in [-0.05, 0) is 56.3 Å². The van der Waals surface area contributed by atoms with Crippen molar-refractivity contribution in [2.45, 2.75) is 13.8 Å². The molecule has 0 fully saturated rings. The molecule has 3 heterocycles. The number of nitrogens with one attached hydrogen (secondary N) is 2. The Morgan fingerprint density at radius 1 is 1.07 bits per heavy atom. The molecule has 30 heavy (non-hydrogen) atoms. The van der Waals surface area contributed by atoms with Crippen LogP contribution >= 0.6 is 11.3 Å². The molecule has 0 saturated carbocycles. The summed E-state index contributed by atoms with van der Waals surface area (Å²) in [5.41, 5.74) is 2.84. The van der Waals surface area contributed by atoms with E-state index in [1.807, 2.05) is 19.1 Å². The molecular weight excluding hydrogens is 424 g/mol. The molecule has 0 aliphatic heterocycles. The molecular formula is C20H18N4O4S2. The molecule has 0 aliphatic carbocycles. The van der Waals surface area contributed by atoms with Crippen LogP contribution in [0.25, 0.3) is 21.7 Å². The normalized spacial score (nSPS) is 11.6. The number of carbonyl (C=O) groups excluding carboxylic acids is 1. The molecule has 1 aromatic carbocycles. The minimum Gasteiger partial charge on any atom is -0.335 e. The molecule has 2 N–H and O–H groups in total. The lowest BCUT2D eigenvalue weighted by molar-refractivity contribution is 0.102. The summed E-state index contributed by atoms with van der Waals surface area (Å²) in [4.78, 5) is 19.6. The SMILES string of the molecule is Cc1ccc(-c2cc(C(=O)Nc3ccc(NS(C)(=O)=O)cc3)c3c(C)noc3n2)s1. The molecule has 1 amide bonds. The van der Waals surface area contributed by atoms with Crippen molar-refractivity contribution < 1.29 is 17.7 Å². The number of amides is 1. The fraction of sp³-hybridized carbons (Fsp3) is 0.150.